The van der Waals surface area contributed by atoms with E-state index in [1.165, 1.54) is 167 Å². The second-order valence-corrected chi connectivity index (χ2v) is 10.7. The largest absolute Gasteiger partial charge is 0.393 e. The summed E-state index contributed by atoms with van der Waals surface area (Å²) in [6.45, 7) is 4.59. The summed E-state index contributed by atoms with van der Waals surface area (Å²) in [5, 5.41) is 10.2. The molecule has 0 aliphatic rings. The van der Waals surface area contributed by atoms with E-state index in [4.69, 9.17) is 0 Å². The van der Waals surface area contributed by atoms with Crippen LogP contribution in [0.3, 0.4) is 0 Å². The van der Waals surface area contributed by atoms with E-state index in [9.17, 15) is 5.11 Å². The first-order valence-corrected chi connectivity index (χ1v) is 15.5. The van der Waals surface area contributed by atoms with Gasteiger partial charge in [0.15, 0.2) is 0 Å². The first-order chi connectivity index (χ1) is 15.8. The van der Waals surface area contributed by atoms with Crippen molar-refractivity contribution in [2.24, 2.45) is 0 Å². The van der Waals surface area contributed by atoms with Crippen LogP contribution in [0.4, 0.5) is 0 Å². The van der Waals surface area contributed by atoms with E-state index in [1.54, 1.807) is 0 Å². The third kappa shape index (κ3) is 28.0. The minimum atomic E-state index is -0.0320. The van der Waals surface area contributed by atoms with Crippen molar-refractivity contribution in [1.29, 1.82) is 0 Å². The van der Waals surface area contributed by atoms with Gasteiger partial charge in [0.1, 0.15) is 0 Å². The van der Waals surface area contributed by atoms with Crippen LogP contribution in [0.25, 0.3) is 0 Å². The quantitative estimate of drug-likeness (QED) is 0.117. The van der Waals surface area contributed by atoms with Crippen LogP contribution in [0.5, 0.6) is 0 Å². The molecule has 1 heteroatoms. The predicted octanol–water partition coefficient (Wildman–Crippen LogP) is 11.3. The molecule has 0 radical (unpaired) electrons. The van der Waals surface area contributed by atoms with Crippen LogP contribution in [-0.4, -0.2) is 11.2 Å². The van der Waals surface area contributed by atoms with Gasteiger partial charge in [0, 0.05) is 0 Å². The maximum Gasteiger partial charge on any atom is 0.0540 e. The van der Waals surface area contributed by atoms with Gasteiger partial charge in [0.25, 0.3) is 0 Å². The highest BCUT2D eigenvalue weighted by atomic mass is 16.3. The molecule has 1 nitrogen and oxygen atoms in total. The number of hydrogen-bond acceptors (Lipinski definition) is 1. The second kappa shape index (κ2) is 29.0. The second-order valence-electron chi connectivity index (χ2n) is 10.7. The molecule has 0 aromatic heterocycles. The molecular formula is C31H64O. The molecule has 0 fully saturated rings. The lowest BCUT2D eigenvalue weighted by atomic mass is 10.0. The summed E-state index contributed by atoms with van der Waals surface area (Å²) >= 11 is 0. The van der Waals surface area contributed by atoms with Crippen molar-refractivity contribution in [3.63, 3.8) is 0 Å². The number of aliphatic hydroxyl groups excluding tert-OH is 1. The Labute approximate surface area is 204 Å². The van der Waals surface area contributed by atoms with E-state index >= 15 is 0 Å². The van der Waals surface area contributed by atoms with Crippen molar-refractivity contribution in [2.75, 3.05) is 0 Å². The van der Waals surface area contributed by atoms with Gasteiger partial charge in [0.05, 0.1) is 6.10 Å². The Hall–Kier alpha value is -0.0400. The van der Waals surface area contributed by atoms with Gasteiger partial charge in [-0.3, -0.25) is 0 Å². The van der Waals surface area contributed by atoms with E-state index < -0.39 is 0 Å². The molecule has 0 aliphatic heterocycles. The molecule has 0 rings (SSSR count). The molecule has 0 aliphatic carbocycles. The Kier molecular flexibility index (Phi) is 29.0. The number of unbranched alkanes of at least 4 members (excludes halogenated alkanes) is 24. The van der Waals surface area contributed by atoms with Gasteiger partial charge in [-0.05, 0) is 12.8 Å². The maximum absolute atomic E-state index is 10.2. The Morgan fingerprint density at radius 1 is 0.312 bits per heavy atom. The normalized spacial score (nSPS) is 11.6. The predicted molar refractivity (Wildman–Crippen MR) is 147 cm³/mol. The van der Waals surface area contributed by atoms with Crippen molar-refractivity contribution in [3.05, 3.63) is 0 Å². The van der Waals surface area contributed by atoms with Crippen molar-refractivity contribution >= 4 is 0 Å². The van der Waals surface area contributed by atoms with E-state index in [0.717, 1.165) is 12.8 Å². The fraction of sp³-hybridized carbons (Fsp3) is 1.00. The lowest BCUT2D eigenvalue weighted by Gasteiger charge is -2.10. The molecule has 32 heavy (non-hydrogen) atoms. The summed E-state index contributed by atoms with van der Waals surface area (Å²) in [4.78, 5) is 0. The highest BCUT2D eigenvalue weighted by Gasteiger charge is 2.04. The number of hydrogen-bond donors (Lipinski definition) is 1. The molecule has 194 valence electrons. The molecule has 0 saturated carbocycles. The molecular weight excluding hydrogens is 388 g/mol. The standard InChI is InChI=1S/C31H64O/c1-3-5-7-9-11-13-15-17-19-21-23-25-27-29-31(32)30-28-26-24-22-20-18-16-14-12-10-8-6-4-2/h31-32H,3-30H2,1-2H3. The van der Waals surface area contributed by atoms with Gasteiger partial charge in [-0.25, -0.2) is 0 Å². The molecule has 0 unspecified atom stereocenters. The highest BCUT2D eigenvalue weighted by Crippen LogP contribution is 2.16. The summed E-state index contributed by atoms with van der Waals surface area (Å²) < 4.78 is 0. The topological polar surface area (TPSA) is 20.2 Å². The van der Waals surface area contributed by atoms with Gasteiger partial charge in [-0.2, -0.15) is 0 Å². The molecule has 0 aromatic carbocycles. The monoisotopic (exact) mass is 452 g/mol. The van der Waals surface area contributed by atoms with Crippen LogP contribution in [0.15, 0.2) is 0 Å². The summed E-state index contributed by atoms with van der Waals surface area (Å²) in [6.07, 6.45) is 38.5. The average Bonchev–Trinajstić information content (AvgIpc) is 2.80. The van der Waals surface area contributed by atoms with Crippen molar-refractivity contribution in [1.82, 2.24) is 0 Å². The molecule has 1 N–H and O–H groups in total. The lowest BCUT2D eigenvalue weighted by molar-refractivity contribution is 0.147. The van der Waals surface area contributed by atoms with Gasteiger partial charge in [-0.15, -0.1) is 0 Å². The van der Waals surface area contributed by atoms with Crippen molar-refractivity contribution < 1.29 is 5.11 Å². The zero-order chi connectivity index (χ0) is 23.4. The lowest BCUT2D eigenvalue weighted by Crippen LogP contribution is -2.05. The van der Waals surface area contributed by atoms with Crippen molar-refractivity contribution in [3.8, 4) is 0 Å². The zero-order valence-corrected chi connectivity index (χ0v) is 22.8. The van der Waals surface area contributed by atoms with Gasteiger partial charge >= 0.3 is 0 Å². The van der Waals surface area contributed by atoms with Crippen LogP contribution in [0.1, 0.15) is 194 Å². The minimum absolute atomic E-state index is 0.0320. The third-order valence-electron chi connectivity index (χ3n) is 7.28. The highest BCUT2D eigenvalue weighted by molar-refractivity contribution is 4.58. The zero-order valence-electron chi connectivity index (χ0n) is 22.8. The van der Waals surface area contributed by atoms with E-state index in [0.29, 0.717) is 0 Å². The van der Waals surface area contributed by atoms with Crippen LogP contribution in [0, 0.1) is 0 Å². The Morgan fingerprint density at radius 2 is 0.500 bits per heavy atom. The number of rotatable bonds is 28. The molecule has 0 bridgehead atoms. The smallest absolute Gasteiger partial charge is 0.0540 e. The first kappa shape index (κ1) is 32.0. The van der Waals surface area contributed by atoms with Crippen molar-refractivity contribution in [2.45, 2.75) is 200 Å². The first-order valence-electron chi connectivity index (χ1n) is 15.5. The molecule has 0 spiro atoms. The van der Waals surface area contributed by atoms with E-state index in [2.05, 4.69) is 13.8 Å². The molecule has 0 amide bonds. The maximum atomic E-state index is 10.2. The fourth-order valence-electron chi connectivity index (χ4n) is 4.94. The van der Waals surface area contributed by atoms with Crippen LogP contribution in [0.2, 0.25) is 0 Å². The van der Waals surface area contributed by atoms with Gasteiger partial charge in [-0.1, -0.05) is 181 Å². The summed E-state index contributed by atoms with van der Waals surface area (Å²) in [7, 11) is 0. The SMILES string of the molecule is CCCCCCCCCCCCCCCC(O)CCCCCCCCCCCCCCC. The van der Waals surface area contributed by atoms with Crippen LogP contribution < -0.4 is 0 Å². The minimum Gasteiger partial charge on any atom is -0.393 e. The van der Waals surface area contributed by atoms with Crippen LogP contribution >= 0.6 is 0 Å². The van der Waals surface area contributed by atoms with Gasteiger partial charge < -0.3 is 5.11 Å². The van der Waals surface area contributed by atoms with Crippen LogP contribution in [-0.2, 0) is 0 Å². The average molecular weight is 453 g/mol. The fourth-order valence-corrected chi connectivity index (χ4v) is 4.94. The van der Waals surface area contributed by atoms with Gasteiger partial charge in [0.2, 0.25) is 0 Å². The Balaban J connectivity index is 3.13. The third-order valence-corrected chi connectivity index (χ3v) is 7.28. The molecule has 0 aromatic rings. The Bertz CT molecular complexity index is 284. The summed E-state index contributed by atoms with van der Waals surface area (Å²) in [5.41, 5.74) is 0. The molecule has 0 atom stereocenters. The molecule has 0 saturated heterocycles. The summed E-state index contributed by atoms with van der Waals surface area (Å²) in [5.74, 6) is 0. The molecule has 0 heterocycles. The Morgan fingerprint density at radius 3 is 0.719 bits per heavy atom. The van der Waals surface area contributed by atoms with E-state index in [1.807, 2.05) is 0 Å². The summed E-state index contributed by atoms with van der Waals surface area (Å²) in [6, 6.07) is 0. The number of aliphatic hydroxyl groups is 1. The van der Waals surface area contributed by atoms with E-state index in [-0.39, 0.29) is 6.10 Å².